The summed E-state index contributed by atoms with van der Waals surface area (Å²) < 4.78 is 18.5. The highest BCUT2D eigenvalue weighted by Gasteiger charge is 2.16. The Bertz CT molecular complexity index is 802. The number of nitrogens with one attached hydrogen (secondary N) is 1. The zero-order valence-corrected chi connectivity index (χ0v) is 13.2. The molecule has 2 rings (SSSR count). The van der Waals surface area contributed by atoms with Crippen LogP contribution in [-0.4, -0.2) is 23.2 Å². The van der Waals surface area contributed by atoms with Gasteiger partial charge in [0.1, 0.15) is 18.2 Å². The molecule has 1 heterocycles. The summed E-state index contributed by atoms with van der Waals surface area (Å²) in [6, 6.07) is 7.97. The van der Waals surface area contributed by atoms with Crippen LogP contribution in [0.1, 0.15) is 40.0 Å². The van der Waals surface area contributed by atoms with Crippen molar-refractivity contribution < 1.29 is 19.0 Å². The van der Waals surface area contributed by atoms with Gasteiger partial charge in [0.15, 0.2) is 0 Å². The minimum atomic E-state index is -1.17. The number of methoxy groups -OCH3 is 1. The van der Waals surface area contributed by atoms with E-state index in [-0.39, 0.29) is 23.0 Å². The maximum atomic E-state index is 13.2. The fourth-order valence-electron chi connectivity index (χ4n) is 2.28. The molecule has 6 nitrogen and oxygen atoms in total. The van der Waals surface area contributed by atoms with Crippen LogP contribution in [0, 0.1) is 11.3 Å². The number of nitriles is 1. The third-order valence-corrected chi connectivity index (χ3v) is 3.54. The number of hydrogen-bond donors (Lipinski definition) is 2. The molecule has 0 spiro atoms. The maximum Gasteiger partial charge on any atom is 0.337 e. The van der Waals surface area contributed by atoms with Gasteiger partial charge in [-0.15, -0.1) is 0 Å². The average Bonchev–Trinajstić information content (AvgIpc) is 2.61. The van der Waals surface area contributed by atoms with Crippen molar-refractivity contribution in [2.45, 2.75) is 19.6 Å². The van der Waals surface area contributed by atoms with Crippen molar-refractivity contribution in [3.63, 3.8) is 0 Å². The van der Waals surface area contributed by atoms with Crippen molar-refractivity contribution in [1.29, 1.82) is 5.26 Å². The van der Waals surface area contributed by atoms with E-state index >= 15 is 0 Å². The van der Waals surface area contributed by atoms with Crippen LogP contribution in [-0.2, 0) is 6.67 Å². The Morgan fingerprint density at radius 1 is 1.50 bits per heavy atom. The first-order valence-electron chi connectivity index (χ1n) is 7.13. The van der Waals surface area contributed by atoms with E-state index in [4.69, 9.17) is 15.1 Å². The Morgan fingerprint density at radius 2 is 2.25 bits per heavy atom. The third-order valence-electron chi connectivity index (χ3n) is 3.54. The predicted octanol–water partition coefficient (Wildman–Crippen LogP) is 3.30. The van der Waals surface area contributed by atoms with Crippen molar-refractivity contribution in [1.82, 2.24) is 4.98 Å². The second-order valence-electron chi connectivity index (χ2n) is 5.11. The van der Waals surface area contributed by atoms with Crippen LogP contribution in [0.3, 0.4) is 0 Å². The van der Waals surface area contributed by atoms with Crippen LogP contribution < -0.4 is 10.1 Å². The summed E-state index contributed by atoms with van der Waals surface area (Å²) in [6.07, 6.45) is 1.17. The van der Waals surface area contributed by atoms with Gasteiger partial charge in [0.05, 0.1) is 30.3 Å². The minimum Gasteiger partial charge on any atom is -0.496 e. The molecule has 0 saturated heterocycles. The number of ether oxygens (including phenoxy) is 1. The van der Waals surface area contributed by atoms with Crippen LogP contribution in [0.15, 0.2) is 30.5 Å². The Kier molecular flexibility index (Phi) is 5.32. The summed E-state index contributed by atoms with van der Waals surface area (Å²) in [7, 11) is 1.52. The number of carbonyl (C=O) groups is 1. The highest BCUT2D eigenvalue weighted by molar-refractivity contribution is 5.87. The number of nitrogens with zero attached hydrogens (tertiary/aromatic N) is 2. The van der Waals surface area contributed by atoms with Crippen molar-refractivity contribution in [2.75, 3.05) is 12.4 Å². The summed E-state index contributed by atoms with van der Waals surface area (Å²) in [5.74, 6) is -0.336. The number of pyridine rings is 1. The molecule has 0 fully saturated rings. The molecule has 7 heteroatoms. The van der Waals surface area contributed by atoms with Gasteiger partial charge in [0.25, 0.3) is 0 Å². The highest BCUT2D eigenvalue weighted by Crippen LogP contribution is 2.29. The molecular formula is C17H16FN3O3. The SMILES string of the molecule is COc1ccc(C#N)cc1C(C)Nc1ncc(C(=O)O)cc1CF. The number of aromatic carboxylic acids is 1. The number of hydrogen-bond acceptors (Lipinski definition) is 5. The van der Waals surface area contributed by atoms with E-state index in [1.807, 2.05) is 6.92 Å². The van der Waals surface area contributed by atoms with E-state index in [9.17, 15) is 9.18 Å². The molecule has 2 aromatic rings. The normalized spacial score (nSPS) is 11.4. The van der Waals surface area contributed by atoms with Crippen molar-refractivity contribution in [3.05, 3.63) is 52.7 Å². The Morgan fingerprint density at radius 3 is 2.83 bits per heavy atom. The third kappa shape index (κ3) is 3.60. The molecule has 1 unspecified atom stereocenters. The van der Waals surface area contributed by atoms with Crippen LogP contribution in [0.5, 0.6) is 5.75 Å². The summed E-state index contributed by atoms with van der Waals surface area (Å²) in [6.45, 7) is 0.965. The smallest absolute Gasteiger partial charge is 0.337 e. The zero-order chi connectivity index (χ0) is 17.7. The van der Waals surface area contributed by atoms with Crippen molar-refractivity contribution >= 4 is 11.8 Å². The zero-order valence-electron chi connectivity index (χ0n) is 13.2. The second-order valence-corrected chi connectivity index (χ2v) is 5.11. The monoisotopic (exact) mass is 329 g/mol. The lowest BCUT2D eigenvalue weighted by Crippen LogP contribution is -2.12. The predicted molar refractivity (Wildman–Crippen MR) is 85.8 cm³/mol. The number of anilines is 1. The van der Waals surface area contributed by atoms with Gasteiger partial charge in [0.2, 0.25) is 0 Å². The standard InChI is InChI=1S/C17H16FN3O3/c1-10(14-5-11(8-19)3-4-15(14)24-2)21-16-12(7-18)6-13(9-20-16)17(22)23/h3-6,9-10H,7H2,1-2H3,(H,20,21)(H,22,23). The Hall–Kier alpha value is -3.14. The van der Waals surface area contributed by atoms with E-state index in [0.29, 0.717) is 16.9 Å². The summed E-state index contributed by atoms with van der Waals surface area (Å²) in [5.41, 5.74) is 1.26. The molecule has 0 radical (unpaired) electrons. The first kappa shape index (κ1) is 17.2. The fraction of sp³-hybridized carbons (Fsp3) is 0.235. The second kappa shape index (κ2) is 7.42. The molecule has 1 atom stereocenters. The molecule has 1 aromatic carbocycles. The molecule has 0 aliphatic rings. The lowest BCUT2D eigenvalue weighted by molar-refractivity contribution is 0.0696. The molecular weight excluding hydrogens is 313 g/mol. The van der Waals surface area contributed by atoms with E-state index in [1.165, 1.54) is 19.4 Å². The quantitative estimate of drug-likeness (QED) is 0.844. The molecule has 0 bridgehead atoms. The van der Waals surface area contributed by atoms with Gasteiger partial charge in [-0.2, -0.15) is 5.26 Å². The molecule has 0 saturated carbocycles. The first-order chi connectivity index (χ1) is 11.5. The van der Waals surface area contributed by atoms with E-state index in [0.717, 1.165) is 0 Å². The van der Waals surface area contributed by atoms with Crippen LogP contribution in [0.4, 0.5) is 10.2 Å². The van der Waals surface area contributed by atoms with Crippen molar-refractivity contribution in [3.8, 4) is 11.8 Å². The van der Waals surface area contributed by atoms with E-state index in [2.05, 4.69) is 16.4 Å². The Labute approximate surface area is 138 Å². The molecule has 0 aliphatic carbocycles. The number of rotatable bonds is 6. The van der Waals surface area contributed by atoms with Gasteiger partial charge in [-0.3, -0.25) is 0 Å². The largest absolute Gasteiger partial charge is 0.496 e. The molecule has 0 aliphatic heterocycles. The number of halogens is 1. The number of aromatic nitrogens is 1. The highest BCUT2D eigenvalue weighted by atomic mass is 19.1. The molecule has 1 aromatic heterocycles. The number of carboxylic acids is 1. The van der Waals surface area contributed by atoms with Gasteiger partial charge < -0.3 is 15.2 Å². The van der Waals surface area contributed by atoms with E-state index < -0.39 is 12.6 Å². The van der Waals surface area contributed by atoms with Gasteiger partial charge in [-0.1, -0.05) is 0 Å². The Balaban J connectivity index is 2.34. The molecule has 124 valence electrons. The van der Waals surface area contributed by atoms with Gasteiger partial charge in [-0.25, -0.2) is 14.2 Å². The first-order valence-corrected chi connectivity index (χ1v) is 7.13. The number of carboxylic acid groups (broad SMARTS) is 1. The van der Waals surface area contributed by atoms with Crippen LogP contribution >= 0.6 is 0 Å². The summed E-state index contributed by atoms with van der Waals surface area (Å²) in [4.78, 5) is 14.9. The average molecular weight is 329 g/mol. The topological polar surface area (TPSA) is 95.2 Å². The fourth-order valence-corrected chi connectivity index (χ4v) is 2.28. The minimum absolute atomic E-state index is 0.0788. The maximum absolute atomic E-state index is 13.2. The number of benzene rings is 1. The summed E-state index contributed by atoms with van der Waals surface area (Å²) >= 11 is 0. The molecule has 24 heavy (non-hydrogen) atoms. The van der Waals surface area contributed by atoms with Gasteiger partial charge >= 0.3 is 5.97 Å². The molecule has 2 N–H and O–H groups in total. The lowest BCUT2D eigenvalue weighted by Gasteiger charge is -2.19. The van der Waals surface area contributed by atoms with Crippen LogP contribution in [0.25, 0.3) is 0 Å². The van der Waals surface area contributed by atoms with Crippen molar-refractivity contribution in [2.24, 2.45) is 0 Å². The lowest BCUT2D eigenvalue weighted by atomic mass is 10.0. The van der Waals surface area contributed by atoms with Gasteiger partial charge in [0, 0.05) is 17.3 Å². The summed E-state index contributed by atoms with van der Waals surface area (Å²) in [5, 5.41) is 21.0. The van der Waals surface area contributed by atoms with Gasteiger partial charge in [-0.05, 0) is 31.2 Å². The number of alkyl halides is 1. The molecule has 0 amide bonds. The van der Waals surface area contributed by atoms with E-state index in [1.54, 1.807) is 18.2 Å². The van der Waals surface area contributed by atoms with Crippen LogP contribution in [0.2, 0.25) is 0 Å².